The van der Waals surface area contributed by atoms with Gasteiger partial charge >= 0.3 is 0 Å². The maximum absolute atomic E-state index is 12.3. The highest BCUT2D eigenvalue weighted by Gasteiger charge is 2.22. The number of aromatic nitrogens is 1. The molecule has 0 saturated heterocycles. The molecule has 1 rings (SSSR count). The van der Waals surface area contributed by atoms with Gasteiger partial charge in [-0.2, -0.15) is 5.26 Å². The van der Waals surface area contributed by atoms with Crippen molar-refractivity contribution in [3.05, 3.63) is 24.0 Å². The van der Waals surface area contributed by atoms with E-state index in [9.17, 15) is 8.42 Å². The Kier molecular flexibility index (Phi) is 6.07. The fourth-order valence-electron chi connectivity index (χ4n) is 1.93. The summed E-state index contributed by atoms with van der Waals surface area (Å²) in [6, 6.07) is 4.44. The van der Waals surface area contributed by atoms with Crippen molar-refractivity contribution in [3.63, 3.8) is 0 Å². The minimum atomic E-state index is -3.73. The van der Waals surface area contributed by atoms with E-state index < -0.39 is 10.0 Å². The van der Waals surface area contributed by atoms with Gasteiger partial charge in [-0.1, -0.05) is 13.8 Å². The van der Waals surface area contributed by atoms with Gasteiger partial charge in [0.05, 0.1) is 0 Å². The molecule has 20 heavy (non-hydrogen) atoms. The summed E-state index contributed by atoms with van der Waals surface area (Å²) in [5.74, 6) is 0. The molecule has 1 atom stereocenters. The molecule has 1 N–H and O–H groups in total. The summed E-state index contributed by atoms with van der Waals surface area (Å²) in [7, 11) is -3.73. The fraction of sp³-hybridized carbons (Fsp3) is 0.538. The largest absolute Gasteiger partial charge is 0.302 e. The molecule has 0 fully saturated rings. The molecular formula is C13H20N4O2S. The first-order valence-electron chi connectivity index (χ1n) is 6.54. The molecule has 0 radical (unpaired) electrons. The molecule has 0 bridgehead atoms. The quantitative estimate of drug-likeness (QED) is 0.810. The van der Waals surface area contributed by atoms with E-state index in [-0.39, 0.29) is 16.6 Å². The first-order chi connectivity index (χ1) is 9.44. The van der Waals surface area contributed by atoms with Crippen molar-refractivity contribution in [1.29, 1.82) is 5.26 Å². The summed E-state index contributed by atoms with van der Waals surface area (Å²) >= 11 is 0. The lowest BCUT2D eigenvalue weighted by atomic mass is 10.3. The lowest BCUT2D eigenvalue weighted by Gasteiger charge is -2.23. The predicted molar refractivity (Wildman–Crippen MR) is 76.5 cm³/mol. The molecule has 0 aliphatic rings. The Bertz CT molecular complexity index is 576. The van der Waals surface area contributed by atoms with Crippen LogP contribution in [0.5, 0.6) is 0 Å². The van der Waals surface area contributed by atoms with E-state index in [4.69, 9.17) is 5.26 Å². The maximum Gasteiger partial charge on any atom is 0.243 e. The second kappa shape index (κ2) is 7.33. The Balaban J connectivity index is 2.88. The molecule has 7 heteroatoms. The molecule has 110 valence electrons. The Labute approximate surface area is 120 Å². The standard InChI is InChI=1S/C13H20N4O2S/c1-4-17(5-2)10-11(3)16-20(18,19)13-7-6-8-15-12(13)9-14/h6-8,11,16H,4-5,10H2,1-3H3. The van der Waals surface area contributed by atoms with Gasteiger partial charge in [0.15, 0.2) is 5.69 Å². The molecular weight excluding hydrogens is 276 g/mol. The highest BCUT2D eigenvalue weighted by Crippen LogP contribution is 2.12. The average Bonchev–Trinajstić information content (AvgIpc) is 2.44. The van der Waals surface area contributed by atoms with E-state index >= 15 is 0 Å². The third-order valence-corrected chi connectivity index (χ3v) is 4.57. The van der Waals surface area contributed by atoms with Crippen LogP contribution in [0, 0.1) is 11.3 Å². The van der Waals surface area contributed by atoms with Crippen molar-refractivity contribution in [2.24, 2.45) is 0 Å². The van der Waals surface area contributed by atoms with Gasteiger partial charge < -0.3 is 4.90 Å². The first kappa shape index (κ1) is 16.6. The summed E-state index contributed by atoms with van der Waals surface area (Å²) in [5.41, 5.74) is -0.0879. The Hall–Kier alpha value is -1.49. The first-order valence-corrected chi connectivity index (χ1v) is 8.02. The summed E-state index contributed by atoms with van der Waals surface area (Å²) in [6.45, 7) is 8.20. The molecule has 1 unspecified atom stereocenters. The van der Waals surface area contributed by atoms with Crippen LogP contribution in [0.2, 0.25) is 0 Å². The van der Waals surface area contributed by atoms with Gasteiger partial charge in [0, 0.05) is 18.8 Å². The van der Waals surface area contributed by atoms with E-state index in [0.717, 1.165) is 13.1 Å². The third kappa shape index (κ3) is 4.27. The van der Waals surface area contributed by atoms with Crippen molar-refractivity contribution in [3.8, 4) is 6.07 Å². The molecule has 0 amide bonds. The highest BCUT2D eigenvalue weighted by atomic mass is 32.2. The number of nitrogens with one attached hydrogen (secondary N) is 1. The van der Waals surface area contributed by atoms with E-state index in [0.29, 0.717) is 6.54 Å². The van der Waals surface area contributed by atoms with Crippen LogP contribution < -0.4 is 4.72 Å². The van der Waals surface area contributed by atoms with Gasteiger partial charge in [0.1, 0.15) is 11.0 Å². The number of nitriles is 1. The normalized spacial score (nSPS) is 13.2. The van der Waals surface area contributed by atoms with Gasteiger partial charge in [0.25, 0.3) is 0 Å². The van der Waals surface area contributed by atoms with Crippen molar-refractivity contribution in [2.45, 2.75) is 31.7 Å². The smallest absolute Gasteiger partial charge is 0.243 e. The van der Waals surface area contributed by atoms with Gasteiger partial charge in [-0.25, -0.2) is 18.1 Å². The van der Waals surface area contributed by atoms with Gasteiger partial charge in [-0.3, -0.25) is 0 Å². The lowest BCUT2D eigenvalue weighted by Crippen LogP contribution is -2.42. The Morgan fingerprint density at radius 2 is 2.10 bits per heavy atom. The topological polar surface area (TPSA) is 86.1 Å². The fourth-order valence-corrected chi connectivity index (χ4v) is 3.27. The number of sulfonamides is 1. The third-order valence-electron chi connectivity index (χ3n) is 2.95. The predicted octanol–water partition coefficient (Wildman–Crippen LogP) is 0.962. The molecule has 6 nitrogen and oxygen atoms in total. The Morgan fingerprint density at radius 3 is 2.65 bits per heavy atom. The minimum Gasteiger partial charge on any atom is -0.302 e. The molecule has 1 aromatic heterocycles. The summed E-state index contributed by atoms with van der Waals surface area (Å²) in [5, 5.41) is 8.92. The molecule has 0 aliphatic heterocycles. The van der Waals surface area contributed by atoms with Crippen molar-refractivity contribution in [1.82, 2.24) is 14.6 Å². The lowest BCUT2D eigenvalue weighted by molar-refractivity contribution is 0.282. The van der Waals surface area contributed by atoms with E-state index in [1.54, 1.807) is 13.0 Å². The number of nitrogens with zero attached hydrogens (tertiary/aromatic N) is 3. The maximum atomic E-state index is 12.3. The zero-order chi connectivity index (χ0) is 15.2. The van der Waals surface area contributed by atoms with Crippen LogP contribution in [-0.2, 0) is 10.0 Å². The highest BCUT2D eigenvalue weighted by molar-refractivity contribution is 7.89. The molecule has 1 aromatic rings. The Morgan fingerprint density at radius 1 is 1.45 bits per heavy atom. The van der Waals surface area contributed by atoms with Crippen molar-refractivity contribution in [2.75, 3.05) is 19.6 Å². The van der Waals surface area contributed by atoms with Crippen LogP contribution >= 0.6 is 0 Å². The molecule has 0 saturated carbocycles. The average molecular weight is 296 g/mol. The second-order valence-corrected chi connectivity index (χ2v) is 6.15. The molecule has 1 heterocycles. The number of hydrogen-bond acceptors (Lipinski definition) is 5. The van der Waals surface area contributed by atoms with E-state index in [2.05, 4.69) is 14.6 Å². The van der Waals surface area contributed by atoms with Crippen LogP contribution in [0.1, 0.15) is 26.5 Å². The minimum absolute atomic E-state index is 0.0751. The van der Waals surface area contributed by atoms with Gasteiger partial charge in [-0.05, 0) is 32.1 Å². The zero-order valence-electron chi connectivity index (χ0n) is 12.0. The number of rotatable bonds is 7. The van der Waals surface area contributed by atoms with Crippen LogP contribution in [0.4, 0.5) is 0 Å². The zero-order valence-corrected chi connectivity index (χ0v) is 12.8. The molecule has 0 aromatic carbocycles. The van der Waals surface area contributed by atoms with Crippen molar-refractivity contribution < 1.29 is 8.42 Å². The number of pyridine rings is 1. The van der Waals surface area contributed by atoms with Crippen LogP contribution in [0.3, 0.4) is 0 Å². The summed E-state index contributed by atoms with van der Waals surface area (Å²) < 4.78 is 27.1. The second-order valence-electron chi connectivity index (χ2n) is 4.47. The number of likely N-dealkylation sites (N-methyl/N-ethyl adjacent to an activating group) is 1. The van der Waals surface area contributed by atoms with Gasteiger partial charge in [-0.15, -0.1) is 0 Å². The van der Waals surface area contributed by atoms with Crippen molar-refractivity contribution >= 4 is 10.0 Å². The molecule has 0 aliphatic carbocycles. The van der Waals surface area contributed by atoms with Crippen LogP contribution in [0.25, 0.3) is 0 Å². The number of hydrogen-bond donors (Lipinski definition) is 1. The molecule has 0 spiro atoms. The van der Waals surface area contributed by atoms with E-state index in [1.165, 1.54) is 18.3 Å². The monoisotopic (exact) mass is 296 g/mol. The van der Waals surface area contributed by atoms with Crippen LogP contribution in [-0.4, -0.2) is 44.0 Å². The summed E-state index contributed by atoms with van der Waals surface area (Å²) in [4.78, 5) is 5.82. The van der Waals surface area contributed by atoms with Gasteiger partial charge in [0.2, 0.25) is 10.0 Å². The van der Waals surface area contributed by atoms with Crippen LogP contribution in [0.15, 0.2) is 23.2 Å². The summed E-state index contributed by atoms with van der Waals surface area (Å²) in [6.07, 6.45) is 1.40. The van der Waals surface area contributed by atoms with E-state index in [1.807, 2.05) is 13.8 Å². The SMILES string of the molecule is CCN(CC)CC(C)NS(=O)(=O)c1cccnc1C#N.